The fraction of sp³-hybridized carbons (Fsp3) is 0. The van der Waals surface area contributed by atoms with Crippen molar-refractivity contribution in [3.63, 3.8) is 0 Å². The van der Waals surface area contributed by atoms with Gasteiger partial charge in [-0.1, -0.05) is 0 Å². The van der Waals surface area contributed by atoms with Gasteiger partial charge in [0.1, 0.15) is 0 Å². The number of halogens is 6. The molecule has 0 spiro atoms. The van der Waals surface area contributed by atoms with Gasteiger partial charge in [-0.05, 0) is 0 Å². The standard InChI is InChI=1S/6ClH.2H3N.Pt/h6*1H;2*1H3;/q;;;;;;;;+4/p-4. The van der Waals surface area contributed by atoms with E-state index >= 15 is 0 Å². The summed E-state index contributed by atoms with van der Waals surface area (Å²) in [5.74, 6) is 0. The molecule has 0 radical (unpaired) electrons. The van der Waals surface area contributed by atoms with Crippen LogP contribution < -0.4 is 37.1 Å². The summed E-state index contributed by atoms with van der Waals surface area (Å²) in [5, 5.41) is 0. The summed E-state index contributed by atoms with van der Waals surface area (Å²) in [6.45, 7) is 0. The molecule has 0 aromatic carbocycles. The van der Waals surface area contributed by atoms with Gasteiger partial charge in [0.2, 0.25) is 0 Å². The third kappa shape index (κ3) is 131. The predicted molar refractivity (Wildman–Crippen MR) is 35.4 cm³/mol. The predicted octanol–water partition coefficient (Wildman–Crippen LogP) is -2.48. The van der Waals surface area contributed by atoms with Gasteiger partial charge in [0, 0.05) is 0 Å². The Morgan fingerprint density at radius 1 is 0.667 bits per heavy atom. The van der Waals surface area contributed by atoms with E-state index in [2.05, 4.69) is 0 Å². The van der Waals surface area contributed by atoms with Crippen LogP contribution in [0.1, 0.15) is 0 Å². The van der Waals surface area contributed by atoms with Gasteiger partial charge in [-0.15, -0.1) is 0 Å². The van der Waals surface area contributed by atoms with Crippen molar-refractivity contribution in [2.75, 3.05) is 0 Å². The van der Waals surface area contributed by atoms with Gasteiger partial charge >= 0.3 is 49.6 Å². The maximum absolute atomic E-state index is 5.01. The number of hydrogen-bond acceptors (Lipinski definition) is 0. The SMILES string of the molecule is [Cl-].[Cl-].[Cl][Pt]([Cl])([Cl])[Cl].[NH4+].[NH4+]. The summed E-state index contributed by atoms with van der Waals surface area (Å²) < 4.78 is 0. The van der Waals surface area contributed by atoms with Crippen LogP contribution in [-0.2, 0) is 11.9 Å². The molecular formula is H8Cl6N2Pt. The van der Waals surface area contributed by atoms with Crippen molar-refractivity contribution in [1.29, 1.82) is 0 Å². The van der Waals surface area contributed by atoms with Crippen LogP contribution in [-0.4, -0.2) is 0 Å². The van der Waals surface area contributed by atoms with Crippen LogP contribution in [0.15, 0.2) is 0 Å². The number of rotatable bonds is 0. The fourth-order valence-corrected chi connectivity index (χ4v) is 0. The second-order valence-electron chi connectivity index (χ2n) is 0.271. The minimum atomic E-state index is -3.06. The van der Waals surface area contributed by atoms with Gasteiger partial charge in [-0.2, -0.15) is 0 Å². The van der Waals surface area contributed by atoms with Crippen LogP contribution in [0.3, 0.4) is 0 Å². The van der Waals surface area contributed by atoms with Crippen LogP contribution in [0.2, 0.25) is 0 Å². The molecule has 0 unspecified atom stereocenters. The molecule has 0 aliphatic rings. The summed E-state index contributed by atoms with van der Waals surface area (Å²) >= 11 is -3.06. The first kappa shape index (κ1) is 30.2. The van der Waals surface area contributed by atoms with Crippen LogP contribution >= 0.6 is 37.7 Å². The first-order valence-electron chi connectivity index (χ1n) is 0.478. The molecule has 0 fully saturated rings. The van der Waals surface area contributed by atoms with E-state index in [0.29, 0.717) is 0 Å². The molecule has 0 atom stereocenters. The van der Waals surface area contributed by atoms with E-state index in [9.17, 15) is 0 Å². The van der Waals surface area contributed by atoms with Crippen molar-refractivity contribution in [1.82, 2.24) is 12.3 Å². The number of quaternary nitrogens is 2. The first-order chi connectivity index (χ1) is 2.00. The molecule has 0 aliphatic heterocycles. The molecular weight excluding hydrogens is 436 g/mol. The Morgan fingerprint density at radius 2 is 0.667 bits per heavy atom. The third-order valence-corrected chi connectivity index (χ3v) is 0. The van der Waals surface area contributed by atoms with Crippen LogP contribution in [0.5, 0.6) is 0 Å². The van der Waals surface area contributed by atoms with Gasteiger partial charge in [0.25, 0.3) is 0 Å². The van der Waals surface area contributed by atoms with Gasteiger partial charge < -0.3 is 37.1 Å². The zero-order valence-corrected chi connectivity index (χ0v) is 11.4. The second kappa shape index (κ2) is 13.0. The van der Waals surface area contributed by atoms with Gasteiger partial charge in [0.05, 0.1) is 0 Å². The van der Waals surface area contributed by atoms with Gasteiger partial charge in [0.15, 0.2) is 0 Å². The Kier molecular flexibility index (Phi) is 43.5. The van der Waals surface area contributed by atoms with Crippen molar-refractivity contribution in [3.05, 3.63) is 0 Å². The zero-order valence-electron chi connectivity index (χ0n) is 4.58. The smallest absolute Gasteiger partial charge is 0.369 e. The molecule has 8 N–H and O–H groups in total. The largest absolute Gasteiger partial charge is 0.369 e. The van der Waals surface area contributed by atoms with Crippen molar-refractivity contribution in [2.24, 2.45) is 0 Å². The van der Waals surface area contributed by atoms with E-state index in [1.54, 1.807) is 0 Å². The van der Waals surface area contributed by atoms with E-state index in [0.717, 1.165) is 0 Å². The van der Waals surface area contributed by atoms with Crippen LogP contribution in [0.25, 0.3) is 0 Å². The Morgan fingerprint density at radius 3 is 0.667 bits per heavy atom. The molecule has 0 rings (SSSR count). The molecule has 0 aliphatic carbocycles. The van der Waals surface area contributed by atoms with E-state index < -0.39 is 11.9 Å². The molecule has 0 amide bonds. The van der Waals surface area contributed by atoms with E-state index in [4.69, 9.17) is 37.7 Å². The minimum Gasteiger partial charge on any atom is -0.369 e. The molecule has 9 heavy (non-hydrogen) atoms. The van der Waals surface area contributed by atoms with Crippen LogP contribution in [0, 0.1) is 0 Å². The Bertz CT molecular complexity index is 26.5. The Balaban J connectivity index is -0.0000000133. The molecule has 0 saturated carbocycles. The summed E-state index contributed by atoms with van der Waals surface area (Å²) in [4.78, 5) is 0. The average Bonchev–Trinajstić information content (AvgIpc) is 0.722. The summed E-state index contributed by atoms with van der Waals surface area (Å²) in [5.41, 5.74) is 0. The molecule has 0 bridgehead atoms. The van der Waals surface area contributed by atoms with E-state index in [1.165, 1.54) is 0 Å². The summed E-state index contributed by atoms with van der Waals surface area (Å²) in [6, 6.07) is 0. The van der Waals surface area contributed by atoms with Crippen molar-refractivity contribution >= 4 is 37.7 Å². The van der Waals surface area contributed by atoms with Gasteiger partial charge in [-0.25, -0.2) is 0 Å². The Hall–Kier alpha value is 2.35. The quantitative estimate of drug-likeness (QED) is 0.416. The van der Waals surface area contributed by atoms with E-state index in [-0.39, 0.29) is 37.1 Å². The summed E-state index contributed by atoms with van der Waals surface area (Å²) in [7, 11) is 20.0. The second-order valence-corrected chi connectivity index (χ2v) is 20.0. The average molecular weight is 444 g/mol. The van der Waals surface area contributed by atoms with Gasteiger partial charge in [-0.3, -0.25) is 0 Å². The normalized spacial score (nSPS) is 8.44. The first-order valence-corrected chi connectivity index (χ1v) is 11.7. The maximum Gasteiger partial charge on any atom is -0.369 e. The molecule has 70 valence electrons. The molecule has 0 aromatic rings. The van der Waals surface area contributed by atoms with E-state index in [1.807, 2.05) is 0 Å². The molecule has 9 heteroatoms. The third-order valence-electron chi connectivity index (χ3n) is 0. The topological polar surface area (TPSA) is 73.0 Å². The summed E-state index contributed by atoms with van der Waals surface area (Å²) in [6.07, 6.45) is 0. The Labute approximate surface area is 85.8 Å². The maximum atomic E-state index is 5.01. The molecule has 0 heterocycles. The fourth-order valence-electron chi connectivity index (χ4n) is 0. The van der Waals surface area contributed by atoms with Crippen molar-refractivity contribution in [3.8, 4) is 0 Å². The monoisotopic (exact) mass is 441 g/mol. The minimum absolute atomic E-state index is 0. The zero-order chi connectivity index (χ0) is 4.50. The van der Waals surface area contributed by atoms with Crippen molar-refractivity contribution in [2.45, 2.75) is 0 Å². The van der Waals surface area contributed by atoms with Crippen molar-refractivity contribution < 1.29 is 36.7 Å². The molecule has 0 aromatic heterocycles. The molecule has 0 saturated heterocycles. The molecule has 2 nitrogen and oxygen atoms in total. The van der Waals surface area contributed by atoms with Crippen LogP contribution in [0.4, 0.5) is 0 Å². The number of hydrogen-bond donors (Lipinski definition) is 2.